The molecule has 94 valence electrons. The average molecular weight is 227 g/mol. The van der Waals surface area contributed by atoms with E-state index in [0.717, 1.165) is 32.4 Å². The number of rotatable bonds is 9. The van der Waals surface area contributed by atoms with Crippen molar-refractivity contribution in [3.05, 3.63) is 0 Å². The van der Waals surface area contributed by atoms with Gasteiger partial charge in [-0.1, -0.05) is 13.3 Å². The van der Waals surface area contributed by atoms with Crippen LogP contribution in [-0.4, -0.2) is 25.7 Å². The van der Waals surface area contributed by atoms with Crippen LogP contribution in [0.15, 0.2) is 0 Å². The molecule has 0 aromatic heterocycles. The lowest BCUT2D eigenvalue weighted by Crippen LogP contribution is -2.23. The fourth-order valence-electron chi connectivity index (χ4n) is 1.71. The Morgan fingerprint density at radius 2 is 2.06 bits per heavy atom. The van der Waals surface area contributed by atoms with Gasteiger partial charge in [-0.05, 0) is 44.6 Å². The molecule has 16 heavy (non-hydrogen) atoms. The van der Waals surface area contributed by atoms with Crippen LogP contribution in [0.2, 0.25) is 0 Å². The SMILES string of the molecule is CCOC(=O)CCCCCNCC1(C)CC1. The first-order valence-electron chi connectivity index (χ1n) is 6.53. The van der Waals surface area contributed by atoms with Crippen molar-refractivity contribution in [1.82, 2.24) is 5.32 Å². The Morgan fingerprint density at radius 3 is 2.69 bits per heavy atom. The largest absolute Gasteiger partial charge is 0.466 e. The van der Waals surface area contributed by atoms with Crippen LogP contribution in [0.3, 0.4) is 0 Å². The molecule has 1 fully saturated rings. The van der Waals surface area contributed by atoms with E-state index in [2.05, 4.69) is 12.2 Å². The van der Waals surface area contributed by atoms with E-state index < -0.39 is 0 Å². The molecule has 0 radical (unpaired) electrons. The second-order valence-corrected chi connectivity index (χ2v) is 5.10. The van der Waals surface area contributed by atoms with Crippen LogP contribution >= 0.6 is 0 Å². The normalized spacial score (nSPS) is 17.1. The predicted molar refractivity (Wildman–Crippen MR) is 65.3 cm³/mol. The molecule has 1 aliphatic carbocycles. The number of esters is 1. The van der Waals surface area contributed by atoms with Crippen LogP contribution in [0.4, 0.5) is 0 Å². The summed E-state index contributed by atoms with van der Waals surface area (Å²) >= 11 is 0. The summed E-state index contributed by atoms with van der Waals surface area (Å²) in [4.78, 5) is 11.0. The minimum atomic E-state index is -0.0547. The summed E-state index contributed by atoms with van der Waals surface area (Å²) in [5.41, 5.74) is 0.602. The first-order valence-corrected chi connectivity index (χ1v) is 6.53. The summed E-state index contributed by atoms with van der Waals surface area (Å²) in [6, 6.07) is 0. The fraction of sp³-hybridized carbons (Fsp3) is 0.923. The highest BCUT2D eigenvalue weighted by molar-refractivity contribution is 5.69. The average Bonchev–Trinajstić information content (AvgIpc) is 2.96. The Morgan fingerprint density at radius 1 is 1.31 bits per heavy atom. The molecule has 0 bridgehead atoms. The zero-order valence-electron chi connectivity index (χ0n) is 10.7. The molecular weight excluding hydrogens is 202 g/mol. The molecular formula is C13H25NO2. The maximum atomic E-state index is 11.0. The predicted octanol–water partition coefficient (Wildman–Crippen LogP) is 2.50. The highest BCUT2D eigenvalue weighted by Gasteiger charge is 2.36. The molecule has 0 amide bonds. The van der Waals surface area contributed by atoms with Gasteiger partial charge < -0.3 is 10.1 Å². The maximum Gasteiger partial charge on any atom is 0.305 e. The zero-order chi connectivity index (χ0) is 11.9. The van der Waals surface area contributed by atoms with Crippen LogP contribution in [0.1, 0.15) is 52.4 Å². The van der Waals surface area contributed by atoms with Crippen molar-refractivity contribution in [2.75, 3.05) is 19.7 Å². The topological polar surface area (TPSA) is 38.3 Å². The summed E-state index contributed by atoms with van der Waals surface area (Å²) in [7, 11) is 0. The van der Waals surface area contributed by atoms with Gasteiger partial charge in [-0.2, -0.15) is 0 Å². The van der Waals surface area contributed by atoms with E-state index >= 15 is 0 Å². The van der Waals surface area contributed by atoms with Crippen molar-refractivity contribution in [3.63, 3.8) is 0 Å². The number of carbonyl (C=O) groups is 1. The van der Waals surface area contributed by atoms with Crippen LogP contribution < -0.4 is 5.32 Å². The van der Waals surface area contributed by atoms with Gasteiger partial charge in [0.25, 0.3) is 0 Å². The van der Waals surface area contributed by atoms with Gasteiger partial charge in [0.2, 0.25) is 0 Å². The molecule has 1 N–H and O–H groups in total. The van der Waals surface area contributed by atoms with Crippen LogP contribution in [0.25, 0.3) is 0 Å². The molecule has 0 atom stereocenters. The lowest BCUT2D eigenvalue weighted by atomic mass is 10.1. The van der Waals surface area contributed by atoms with E-state index in [1.165, 1.54) is 12.8 Å². The van der Waals surface area contributed by atoms with Gasteiger partial charge in [0.15, 0.2) is 0 Å². The third-order valence-electron chi connectivity index (χ3n) is 3.20. The number of unbranched alkanes of at least 4 members (excludes halogenated alkanes) is 2. The quantitative estimate of drug-likeness (QED) is 0.486. The van der Waals surface area contributed by atoms with Crippen molar-refractivity contribution in [2.24, 2.45) is 5.41 Å². The van der Waals surface area contributed by atoms with Crippen molar-refractivity contribution in [2.45, 2.75) is 52.4 Å². The summed E-state index contributed by atoms with van der Waals surface area (Å²) in [5, 5.41) is 3.48. The van der Waals surface area contributed by atoms with E-state index in [9.17, 15) is 4.79 Å². The van der Waals surface area contributed by atoms with Gasteiger partial charge in [-0.15, -0.1) is 0 Å². The van der Waals surface area contributed by atoms with Crippen molar-refractivity contribution < 1.29 is 9.53 Å². The van der Waals surface area contributed by atoms with Gasteiger partial charge in [0.05, 0.1) is 6.61 Å². The molecule has 0 aromatic carbocycles. The molecule has 1 rings (SSSR count). The molecule has 1 aliphatic rings. The van der Waals surface area contributed by atoms with Gasteiger partial charge in [0, 0.05) is 13.0 Å². The molecule has 0 unspecified atom stereocenters. The fourth-order valence-corrected chi connectivity index (χ4v) is 1.71. The third-order valence-corrected chi connectivity index (χ3v) is 3.20. The first kappa shape index (κ1) is 13.5. The molecule has 0 aliphatic heterocycles. The summed E-state index contributed by atoms with van der Waals surface area (Å²) < 4.78 is 4.87. The number of ether oxygens (including phenoxy) is 1. The second-order valence-electron chi connectivity index (χ2n) is 5.10. The molecule has 0 aromatic rings. The Hall–Kier alpha value is -0.570. The van der Waals surface area contributed by atoms with Gasteiger partial charge >= 0.3 is 5.97 Å². The summed E-state index contributed by atoms with van der Waals surface area (Å²) in [6.07, 6.45) is 6.56. The minimum Gasteiger partial charge on any atom is -0.466 e. The van der Waals surface area contributed by atoms with Crippen LogP contribution in [0, 0.1) is 5.41 Å². The Kier molecular flexibility index (Phi) is 5.81. The van der Waals surface area contributed by atoms with E-state index in [1.807, 2.05) is 6.92 Å². The highest BCUT2D eigenvalue weighted by atomic mass is 16.5. The second kappa shape index (κ2) is 6.89. The molecule has 3 heteroatoms. The highest BCUT2D eigenvalue weighted by Crippen LogP contribution is 2.43. The lowest BCUT2D eigenvalue weighted by molar-refractivity contribution is -0.143. The monoisotopic (exact) mass is 227 g/mol. The van der Waals surface area contributed by atoms with E-state index in [-0.39, 0.29) is 5.97 Å². The lowest BCUT2D eigenvalue weighted by Gasteiger charge is -2.09. The van der Waals surface area contributed by atoms with Crippen molar-refractivity contribution in [1.29, 1.82) is 0 Å². The first-order chi connectivity index (χ1) is 7.66. The van der Waals surface area contributed by atoms with Crippen LogP contribution in [-0.2, 0) is 9.53 Å². The summed E-state index contributed by atoms with van der Waals surface area (Å²) in [6.45, 7) is 6.92. The number of carbonyl (C=O) groups excluding carboxylic acids is 1. The molecule has 3 nitrogen and oxygen atoms in total. The molecule has 0 heterocycles. The zero-order valence-corrected chi connectivity index (χ0v) is 10.7. The minimum absolute atomic E-state index is 0.0547. The molecule has 0 spiro atoms. The molecule has 1 saturated carbocycles. The van der Waals surface area contributed by atoms with Crippen LogP contribution in [0.5, 0.6) is 0 Å². The van der Waals surface area contributed by atoms with E-state index in [0.29, 0.717) is 18.4 Å². The van der Waals surface area contributed by atoms with Crippen molar-refractivity contribution in [3.8, 4) is 0 Å². The number of hydrogen-bond acceptors (Lipinski definition) is 3. The smallest absolute Gasteiger partial charge is 0.305 e. The summed E-state index contributed by atoms with van der Waals surface area (Å²) in [5.74, 6) is -0.0547. The van der Waals surface area contributed by atoms with Gasteiger partial charge in [-0.25, -0.2) is 0 Å². The third kappa shape index (κ3) is 6.11. The van der Waals surface area contributed by atoms with E-state index in [4.69, 9.17) is 4.74 Å². The Balaban J connectivity index is 1.79. The van der Waals surface area contributed by atoms with Gasteiger partial charge in [0.1, 0.15) is 0 Å². The van der Waals surface area contributed by atoms with E-state index in [1.54, 1.807) is 0 Å². The number of hydrogen-bond donors (Lipinski definition) is 1. The van der Waals surface area contributed by atoms with Crippen molar-refractivity contribution >= 4 is 5.97 Å². The Labute approximate surface area is 98.9 Å². The Bertz CT molecular complexity index is 212. The number of nitrogens with one attached hydrogen (secondary N) is 1. The maximum absolute atomic E-state index is 11.0. The standard InChI is InChI=1S/C13H25NO2/c1-3-16-12(15)7-5-4-6-10-14-11-13(2)8-9-13/h14H,3-11H2,1-2H3. The molecule has 0 saturated heterocycles. The van der Waals surface area contributed by atoms with Gasteiger partial charge in [-0.3, -0.25) is 4.79 Å².